The van der Waals surface area contributed by atoms with Crippen LogP contribution in [0.25, 0.3) is 10.9 Å². The molecule has 0 aliphatic heterocycles. The fourth-order valence-electron chi connectivity index (χ4n) is 1.97. The maximum Gasteiger partial charge on any atom is 0.0689 e. The summed E-state index contributed by atoms with van der Waals surface area (Å²) in [5.74, 6) is 0. The summed E-state index contributed by atoms with van der Waals surface area (Å²) in [4.78, 5) is 0. The van der Waals surface area contributed by atoms with Gasteiger partial charge in [-0.25, -0.2) is 0 Å². The van der Waals surface area contributed by atoms with E-state index in [1.54, 1.807) is 0 Å². The molecule has 3 nitrogen and oxygen atoms in total. The van der Waals surface area contributed by atoms with E-state index in [1.165, 1.54) is 10.9 Å². The molecule has 1 heterocycles. The van der Waals surface area contributed by atoms with Gasteiger partial charge in [0, 0.05) is 11.1 Å². The van der Waals surface area contributed by atoms with Gasteiger partial charge in [0.15, 0.2) is 0 Å². The lowest BCUT2D eigenvalue weighted by Gasteiger charge is -2.10. The molecule has 0 amide bonds. The summed E-state index contributed by atoms with van der Waals surface area (Å²) in [6.07, 6.45) is 0. The first-order valence-electron chi connectivity index (χ1n) is 4.74. The minimum Gasteiger partial charge on any atom is -0.398 e. The second kappa shape index (κ2) is 2.74. The quantitative estimate of drug-likeness (QED) is 0.625. The molecule has 2 aromatic rings. The van der Waals surface area contributed by atoms with Gasteiger partial charge in [0.1, 0.15) is 0 Å². The molecule has 3 N–H and O–H groups in total. The molecule has 0 aliphatic rings. The van der Waals surface area contributed by atoms with Gasteiger partial charge in [0.25, 0.3) is 0 Å². The van der Waals surface area contributed by atoms with Gasteiger partial charge >= 0.3 is 0 Å². The fourth-order valence-corrected chi connectivity index (χ4v) is 1.97. The summed E-state index contributed by atoms with van der Waals surface area (Å²) in [6, 6.07) is 0. The second-order valence-electron chi connectivity index (χ2n) is 3.85. The first-order chi connectivity index (χ1) is 6.54. The molecule has 1 aromatic carbocycles. The van der Waals surface area contributed by atoms with Gasteiger partial charge in [-0.3, -0.25) is 5.10 Å². The fraction of sp³-hybridized carbons (Fsp3) is 0.364. The van der Waals surface area contributed by atoms with Crippen LogP contribution >= 0.6 is 0 Å². The van der Waals surface area contributed by atoms with E-state index in [9.17, 15) is 0 Å². The maximum atomic E-state index is 6.04. The molecule has 0 fully saturated rings. The first kappa shape index (κ1) is 9.06. The van der Waals surface area contributed by atoms with E-state index in [0.717, 1.165) is 28.0 Å². The van der Waals surface area contributed by atoms with Crippen LogP contribution in [0.15, 0.2) is 0 Å². The predicted molar refractivity (Wildman–Crippen MR) is 59.5 cm³/mol. The lowest BCUT2D eigenvalue weighted by Crippen LogP contribution is -1.97. The summed E-state index contributed by atoms with van der Waals surface area (Å²) in [7, 11) is 0. The monoisotopic (exact) mass is 189 g/mol. The van der Waals surface area contributed by atoms with Crippen molar-refractivity contribution in [3.05, 3.63) is 22.4 Å². The molecule has 0 spiro atoms. The number of benzene rings is 1. The zero-order valence-electron chi connectivity index (χ0n) is 9.02. The normalized spacial score (nSPS) is 11.1. The topological polar surface area (TPSA) is 54.7 Å². The molecule has 2 rings (SSSR count). The Morgan fingerprint density at radius 3 is 2.29 bits per heavy atom. The highest BCUT2D eigenvalue weighted by Crippen LogP contribution is 2.31. The minimum atomic E-state index is 0.888. The number of H-pyrrole nitrogens is 1. The Balaban J connectivity index is 3.05. The number of nitrogen functional groups attached to an aromatic ring is 1. The molecule has 0 unspecified atom stereocenters. The number of hydrogen-bond acceptors (Lipinski definition) is 2. The van der Waals surface area contributed by atoms with Crippen molar-refractivity contribution < 1.29 is 0 Å². The number of nitrogens with one attached hydrogen (secondary N) is 1. The van der Waals surface area contributed by atoms with E-state index in [4.69, 9.17) is 5.73 Å². The molecule has 0 atom stereocenters. The number of aromatic amines is 1. The smallest absolute Gasteiger partial charge is 0.0689 e. The molecule has 3 heteroatoms. The van der Waals surface area contributed by atoms with Crippen molar-refractivity contribution in [2.75, 3.05) is 5.73 Å². The molecule has 74 valence electrons. The molecule has 0 bridgehead atoms. The lowest BCUT2D eigenvalue weighted by atomic mass is 9.98. The highest BCUT2D eigenvalue weighted by atomic mass is 15.1. The van der Waals surface area contributed by atoms with E-state index < -0.39 is 0 Å². The van der Waals surface area contributed by atoms with Crippen LogP contribution in [0.5, 0.6) is 0 Å². The predicted octanol–water partition coefficient (Wildman–Crippen LogP) is 2.38. The highest BCUT2D eigenvalue weighted by Gasteiger charge is 2.12. The maximum absolute atomic E-state index is 6.04. The molecular weight excluding hydrogens is 174 g/mol. The van der Waals surface area contributed by atoms with Crippen LogP contribution in [-0.2, 0) is 0 Å². The standard InChI is InChI=1S/C11H15N3/c1-5-6(2)11-9(7(3)10(5)12)8(4)13-14-11/h12H2,1-4H3,(H,13,14). The van der Waals surface area contributed by atoms with Crippen LogP contribution in [0.2, 0.25) is 0 Å². The first-order valence-corrected chi connectivity index (χ1v) is 4.74. The van der Waals surface area contributed by atoms with Crippen molar-refractivity contribution in [1.29, 1.82) is 0 Å². The van der Waals surface area contributed by atoms with Crippen LogP contribution in [0.3, 0.4) is 0 Å². The lowest BCUT2D eigenvalue weighted by molar-refractivity contribution is 1.06. The third kappa shape index (κ3) is 0.953. The average Bonchev–Trinajstić information content (AvgIpc) is 2.54. The van der Waals surface area contributed by atoms with Crippen molar-refractivity contribution in [2.24, 2.45) is 0 Å². The number of aromatic nitrogens is 2. The Morgan fingerprint density at radius 2 is 1.64 bits per heavy atom. The third-order valence-corrected chi connectivity index (χ3v) is 3.07. The van der Waals surface area contributed by atoms with Crippen LogP contribution in [0, 0.1) is 27.7 Å². The van der Waals surface area contributed by atoms with E-state index in [1.807, 2.05) is 20.8 Å². The average molecular weight is 189 g/mol. The Kier molecular flexibility index (Phi) is 1.77. The highest BCUT2D eigenvalue weighted by molar-refractivity contribution is 5.92. The molecule has 0 saturated carbocycles. The van der Waals surface area contributed by atoms with Crippen molar-refractivity contribution >= 4 is 16.6 Å². The zero-order chi connectivity index (χ0) is 10.5. The second-order valence-corrected chi connectivity index (χ2v) is 3.85. The Hall–Kier alpha value is -1.51. The molecule has 0 aliphatic carbocycles. The molecule has 14 heavy (non-hydrogen) atoms. The number of anilines is 1. The number of aryl methyl sites for hydroxylation is 3. The van der Waals surface area contributed by atoms with Gasteiger partial charge in [0.05, 0.1) is 11.2 Å². The van der Waals surface area contributed by atoms with Gasteiger partial charge in [0.2, 0.25) is 0 Å². The van der Waals surface area contributed by atoms with E-state index in [2.05, 4.69) is 17.1 Å². The van der Waals surface area contributed by atoms with Crippen molar-refractivity contribution in [3.63, 3.8) is 0 Å². The number of nitrogens with two attached hydrogens (primary N) is 1. The molecule has 0 saturated heterocycles. The Bertz CT molecular complexity index is 509. The summed E-state index contributed by atoms with van der Waals surface area (Å²) in [6.45, 7) is 8.17. The zero-order valence-corrected chi connectivity index (χ0v) is 9.02. The third-order valence-electron chi connectivity index (χ3n) is 3.07. The van der Waals surface area contributed by atoms with Gasteiger partial charge in [-0.05, 0) is 44.4 Å². The number of hydrogen-bond donors (Lipinski definition) is 2. The summed E-state index contributed by atoms with van der Waals surface area (Å²) in [5, 5.41) is 8.45. The van der Waals surface area contributed by atoms with Crippen molar-refractivity contribution in [3.8, 4) is 0 Å². The molecule has 1 aromatic heterocycles. The SMILES string of the molecule is Cc1c(N)c(C)c2c(C)n[nH]c2c1C. The van der Waals surface area contributed by atoms with Crippen LogP contribution < -0.4 is 5.73 Å². The molecular formula is C11H15N3. The number of fused-ring (bicyclic) bond motifs is 1. The largest absolute Gasteiger partial charge is 0.398 e. The molecule has 0 radical (unpaired) electrons. The van der Waals surface area contributed by atoms with Crippen LogP contribution in [0.4, 0.5) is 5.69 Å². The van der Waals surface area contributed by atoms with Gasteiger partial charge in [-0.1, -0.05) is 0 Å². The van der Waals surface area contributed by atoms with E-state index in [-0.39, 0.29) is 0 Å². The van der Waals surface area contributed by atoms with Gasteiger partial charge in [-0.2, -0.15) is 5.10 Å². The summed E-state index contributed by atoms with van der Waals surface area (Å²) in [5.41, 5.74) is 12.5. The summed E-state index contributed by atoms with van der Waals surface area (Å²) < 4.78 is 0. The number of nitrogens with zero attached hydrogens (tertiary/aromatic N) is 1. The van der Waals surface area contributed by atoms with E-state index >= 15 is 0 Å². The van der Waals surface area contributed by atoms with Gasteiger partial charge in [-0.15, -0.1) is 0 Å². The Labute approximate surface area is 83.3 Å². The van der Waals surface area contributed by atoms with Crippen LogP contribution in [-0.4, -0.2) is 10.2 Å². The van der Waals surface area contributed by atoms with E-state index in [0.29, 0.717) is 0 Å². The minimum absolute atomic E-state index is 0.888. The number of rotatable bonds is 0. The summed E-state index contributed by atoms with van der Waals surface area (Å²) >= 11 is 0. The van der Waals surface area contributed by atoms with Crippen LogP contribution in [0.1, 0.15) is 22.4 Å². The van der Waals surface area contributed by atoms with Crippen molar-refractivity contribution in [1.82, 2.24) is 10.2 Å². The van der Waals surface area contributed by atoms with Gasteiger partial charge < -0.3 is 5.73 Å². The van der Waals surface area contributed by atoms with Crippen molar-refractivity contribution in [2.45, 2.75) is 27.7 Å². The Morgan fingerprint density at radius 1 is 1.00 bits per heavy atom.